The van der Waals surface area contributed by atoms with E-state index in [1.165, 1.54) is 17.2 Å². The van der Waals surface area contributed by atoms with Gasteiger partial charge in [0.05, 0.1) is 0 Å². The second-order valence-corrected chi connectivity index (χ2v) is 2.20. The molecule has 0 saturated carbocycles. The third kappa shape index (κ3) is 5.31. The summed E-state index contributed by atoms with van der Waals surface area (Å²) in [4.78, 5) is 0. The number of aromatic nitrogens is 3. The zero-order valence-corrected chi connectivity index (χ0v) is 9.74. The van der Waals surface area contributed by atoms with Gasteiger partial charge in [0.2, 0.25) is 0 Å². The molecule has 0 amide bonds. The molecule has 0 aliphatic heterocycles. The van der Waals surface area contributed by atoms with Gasteiger partial charge in [-0.25, -0.2) is 0 Å². The van der Waals surface area contributed by atoms with E-state index in [0.717, 1.165) is 0 Å². The van der Waals surface area contributed by atoms with Crippen LogP contribution in [0.15, 0.2) is 12.7 Å². The van der Waals surface area contributed by atoms with Crippen LogP contribution in [0, 0.1) is 0 Å². The Morgan fingerprint density at radius 1 is 1.17 bits per heavy atom. The maximum atomic E-state index is 11.7. The second-order valence-electron chi connectivity index (χ2n) is 2.20. The summed E-state index contributed by atoms with van der Waals surface area (Å²) < 4.78 is 36.3. The van der Waals surface area contributed by atoms with Gasteiger partial charge in [0.15, 0.2) is 0 Å². The number of aryl methyl sites for hydroxylation is 1. The van der Waals surface area contributed by atoms with E-state index in [9.17, 15) is 12.9 Å². The molecule has 0 spiro atoms. The number of halogens is 3. The van der Waals surface area contributed by atoms with Crippen LogP contribution in [0.4, 0.5) is 12.9 Å². The molecule has 0 N–H and O–H groups in total. The van der Waals surface area contributed by atoms with Crippen LogP contribution in [0.5, 0.6) is 0 Å². The third-order valence-corrected chi connectivity index (χ3v) is 1.18. The maximum absolute atomic E-state index is 11.7. The van der Waals surface area contributed by atoms with E-state index in [1.54, 1.807) is 0 Å². The van der Waals surface area contributed by atoms with E-state index in [2.05, 4.69) is 10.2 Å². The molecule has 1 aromatic heterocycles. The molecule has 0 radical (unpaired) electrons. The van der Waals surface area contributed by atoms with Gasteiger partial charge in [0.25, 0.3) is 0 Å². The van der Waals surface area contributed by atoms with Crippen LogP contribution in [-0.2, 0) is 6.54 Å². The molecule has 8 heteroatoms. The Hall–Kier alpha value is 0.631. The standard InChI is InChI=1S/C4H6BF3N3.K/c6-5(7,8)1-2-11-3-9-10-4-11;/h3-4H,1-2H2;/q-1;+1. The summed E-state index contributed by atoms with van der Waals surface area (Å²) in [7, 11) is 0. The largest absolute Gasteiger partial charge is 1.00 e. The molecule has 62 valence electrons. The first kappa shape index (κ1) is 12.6. The van der Waals surface area contributed by atoms with E-state index in [1.807, 2.05) is 0 Å². The molecule has 1 rings (SSSR count). The van der Waals surface area contributed by atoms with Crippen molar-refractivity contribution in [3.8, 4) is 0 Å². The van der Waals surface area contributed by atoms with Gasteiger partial charge >= 0.3 is 58.4 Å². The maximum Gasteiger partial charge on any atom is 1.00 e. The van der Waals surface area contributed by atoms with Crippen molar-refractivity contribution in [1.29, 1.82) is 0 Å². The van der Waals surface area contributed by atoms with Crippen molar-refractivity contribution < 1.29 is 64.3 Å². The molecule has 0 saturated heterocycles. The first-order chi connectivity index (χ1) is 5.08. The van der Waals surface area contributed by atoms with Gasteiger partial charge in [-0.2, -0.15) is 0 Å². The zero-order valence-electron chi connectivity index (χ0n) is 6.62. The Labute approximate surface area is 110 Å². The Kier molecular flexibility index (Phi) is 5.66. The second kappa shape index (κ2) is 5.38. The van der Waals surface area contributed by atoms with Gasteiger partial charge in [0, 0.05) is 6.54 Å². The van der Waals surface area contributed by atoms with Crippen LogP contribution >= 0.6 is 0 Å². The van der Waals surface area contributed by atoms with E-state index in [4.69, 9.17) is 0 Å². The van der Waals surface area contributed by atoms with Crippen molar-refractivity contribution in [2.24, 2.45) is 0 Å². The molecule has 0 bridgehead atoms. The van der Waals surface area contributed by atoms with Crippen LogP contribution in [0.3, 0.4) is 0 Å². The van der Waals surface area contributed by atoms with Gasteiger partial charge in [-0.3, -0.25) is 0 Å². The quantitative estimate of drug-likeness (QED) is 0.539. The molecule has 0 aromatic carbocycles. The van der Waals surface area contributed by atoms with Gasteiger partial charge in [-0.15, -0.1) is 10.2 Å². The summed E-state index contributed by atoms with van der Waals surface area (Å²) in [5, 5.41) is 6.75. The molecule has 3 nitrogen and oxygen atoms in total. The first-order valence-corrected chi connectivity index (χ1v) is 3.11. The molecule has 0 fully saturated rings. The molecule has 0 atom stereocenters. The molecule has 1 heterocycles. The predicted octanol–water partition coefficient (Wildman–Crippen LogP) is -1.87. The smallest absolute Gasteiger partial charge is 0.449 e. The average Bonchev–Trinajstić information content (AvgIpc) is 2.32. The van der Waals surface area contributed by atoms with Gasteiger partial charge in [0.1, 0.15) is 12.7 Å². The summed E-state index contributed by atoms with van der Waals surface area (Å²) >= 11 is 0. The normalized spacial score (nSPS) is 10.9. The third-order valence-electron chi connectivity index (χ3n) is 1.18. The van der Waals surface area contributed by atoms with Crippen LogP contribution < -0.4 is 51.4 Å². The number of hydrogen-bond acceptors (Lipinski definition) is 2. The molecule has 12 heavy (non-hydrogen) atoms. The fourth-order valence-electron chi connectivity index (χ4n) is 0.633. The van der Waals surface area contributed by atoms with E-state index in [0.29, 0.717) is 0 Å². The average molecular weight is 203 g/mol. The minimum atomic E-state index is -4.68. The van der Waals surface area contributed by atoms with Crippen molar-refractivity contribution in [2.75, 3.05) is 0 Å². The molecule has 0 aliphatic rings. The summed E-state index contributed by atoms with van der Waals surface area (Å²) in [6.07, 6.45) is 1.75. The summed E-state index contributed by atoms with van der Waals surface area (Å²) in [6.45, 7) is -4.77. The molecule has 1 aromatic rings. The number of hydrogen-bond donors (Lipinski definition) is 0. The Morgan fingerprint density at radius 3 is 2.08 bits per heavy atom. The molecule has 0 aliphatic carbocycles. The van der Waals surface area contributed by atoms with Gasteiger partial charge in [-0.05, 0) is 0 Å². The minimum Gasteiger partial charge on any atom is -0.449 e. The molecular weight excluding hydrogens is 197 g/mol. The van der Waals surface area contributed by atoms with E-state index < -0.39 is 13.3 Å². The summed E-state index contributed by atoms with van der Waals surface area (Å²) in [5.74, 6) is 0. The summed E-state index contributed by atoms with van der Waals surface area (Å²) in [5.41, 5.74) is 0. The SMILES string of the molecule is F[B-](F)(F)CCn1cnnc1.[K+]. The van der Waals surface area contributed by atoms with Crippen LogP contribution in [0.1, 0.15) is 0 Å². The van der Waals surface area contributed by atoms with E-state index >= 15 is 0 Å². The minimum absolute atomic E-state index is 0. The Balaban J connectivity index is 0.00000121. The zero-order chi connectivity index (χ0) is 8.32. The van der Waals surface area contributed by atoms with Crippen LogP contribution in [0.2, 0.25) is 6.32 Å². The topological polar surface area (TPSA) is 30.7 Å². The van der Waals surface area contributed by atoms with Gasteiger partial charge < -0.3 is 17.5 Å². The molecule has 0 unspecified atom stereocenters. The van der Waals surface area contributed by atoms with Crippen LogP contribution in [0.25, 0.3) is 0 Å². The summed E-state index contributed by atoms with van der Waals surface area (Å²) in [6, 6.07) is 0. The monoisotopic (exact) mass is 203 g/mol. The van der Waals surface area contributed by atoms with Crippen molar-refractivity contribution in [3.05, 3.63) is 12.7 Å². The van der Waals surface area contributed by atoms with Crippen LogP contribution in [-0.4, -0.2) is 21.7 Å². The Morgan fingerprint density at radius 2 is 1.67 bits per heavy atom. The fourth-order valence-corrected chi connectivity index (χ4v) is 0.633. The van der Waals surface area contributed by atoms with E-state index in [-0.39, 0.29) is 57.9 Å². The van der Waals surface area contributed by atoms with Crippen molar-refractivity contribution in [3.63, 3.8) is 0 Å². The molecular formula is C4H6BF3KN3. The first-order valence-electron chi connectivity index (χ1n) is 3.11. The van der Waals surface area contributed by atoms with Crippen molar-refractivity contribution in [2.45, 2.75) is 12.9 Å². The van der Waals surface area contributed by atoms with Crippen molar-refractivity contribution in [1.82, 2.24) is 14.8 Å². The number of rotatable bonds is 3. The van der Waals surface area contributed by atoms with Gasteiger partial charge in [-0.1, -0.05) is 6.32 Å². The van der Waals surface area contributed by atoms with Crippen molar-refractivity contribution >= 4 is 6.98 Å². The number of nitrogens with zero attached hydrogens (tertiary/aromatic N) is 3. The predicted molar refractivity (Wildman–Crippen MR) is 33.9 cm³/mol. The fraction of sp³-hybridized carbons (Fsp3) is 0.500. The Bertz CT molecular complexity index is 212.